The first-order valence-electron chi connectivity index (χ1n) is 12.8. The number of carboxylic acid groups (broad SMARTS) is 1. The van der Waals surface area contributed by atoms with Crippen molar-refractivity contribution in [1.29, 1.82) is 0 Å². The standard InChI is InChI=1S/C26H43NO4/c1-16(7-10-22(29)27-15-23(30)31)18-8-9-19-24-20(11-13-26(18,19)3)25(2)12-5-4-6-17(25)14-21(24)28/h16-21,24,28H,4-15H2,1-3H3,(H,27,29)(H,30,31)/t16-,17+,18-,19+,20+,21-,24+,25+,26-/m1/s1. The Balaban J connectivity index is 1.44. The average molecular weight is 434 g/mol. The fourth-order valence-corrected chi connectivity index (χ4v) is 9.05. The molecule has 0 aromatic rings. The van der Waals surface area contributed by atoms with Crippen molar-refractivity contribution in [2.75, 3.05) is 6.54 Å². The Morgan fingerprint density at radius 3 is 2.52 bits per heavy atom. The second-order valence-electron chi connectivity index (χ2n) is 12.0. The summed E-state index contributed by atoms with van der Waals surface area (Å²) in [7, 11) is 0. The molecular weight excluding hydrogens is 390 g/mol. The van der Waals surface area contributed by atoms with Crippen LogP contribution in [0.5, 0.6) is 0 Å². The van der Waals surface area contributed by atoms with Gasteiger partial charge in [-0.15, -0.1) is 0 Å². The Morgan fingerprint density at radius 1 is 1.03 bits per heavy atom. The number of nitrogens with one attached hydrogen (secondary N) is 1. The van der Waals surface area contributed by atoms with Crippen LogP contribution in [0.2, 0.25) is 0 Å². The minimum atomic E-state index is -0.996. The van der Waals surface area contributed by atoms with Gasteiger partial charge in [0, 0.05) is 6.42 Å². The molecule has 9 atom stereocenters. The Hall–Kier alpha value is -1.10. The maximum Gasteiger partial charge on any atom is 0.322 e. The molecule has 176 valence electrons. The van der Waals surface area contributed by atoms with E-state index >= 15 is 0 Å². The fourth-order valence-electron chi connectivity index (χ4n) is 9.05. The summed E-state index contributed by atoms with van der Waals surface area (Å²) in [6, 6.07) is 0. The van der Waals surface area contributed by atoms with Crippen molar-refractivity contribution in [1.82, 2.24) is 5.32 Å². The van der Waals surface area contributed by atoms with E-state index in [4.69, 9.17) is 5.11 Å². The summed E-state index contributed by atoms with van der Waals surface area (Å²) in [6.45, 7) is 7.02. The lowest BCUT2D eigenvalue weighted by molar-refractivity contribution is -0.164. The Bertz CT molecular complexity index is 695. The summed E-state index contributed by atoms with van der Waals surface area (Å²) in [4.78, 5) is 22.7. The molecule has 0 radical (unpaired) electrons. The highest BCUT2D eigenvalue weighted by Gasteiger charge is 2.62. The predicted octanol–water partition coefficient (Wildman–Crippen LogP) is 4.62. The minimum Gasteiger partial charge on any atom is -0.480 e. The number of carboxylic acids is 1. The van der Waals surface area contributed by atoms with Crippen LogP contribution < -0.4 is 5.32 Å². The molecule has 5 heteroatoms. The van der Waals surface area contributed by atoms with Gasteiger partial charge in [0.2, 0.25) is 5.91 Å². The van der Waals surface area contributed by atoms with E-state index in [1.54, 1.807) is 0 Å². The number of carbonyl (C=O) groups is 2. The number of fused-ring (bicyclic) bond motifs is 5. The number of hydrogen-bond donors (Lipinski definition) is 3. The van der Waals surface area contributed by atoms with Crippen LogP contribution in [-0.4, -0.2) is 34.7 Å². The summed E-state index contributed by atoms with van der Waals surface area (Å²) in [5.74, 6) is 2.33. The Kier molecular flexibility index (Phi) is 6.46. The molecule has 1 amide bonds. The van der Waals surface area contributed by atoms with Crippen LogP contribution in [0.25, 0.3) is 0 Å². The van der Waals surface area contributed by atoms with E-state index in [9.17, 15) is 14.7 Å². The highest BCUT2D eigenvalue weighted by molar-refractivity contribution is 5.81. The topological polar surface area (TPSA) is 86.6 Å². The zero-order valence-corrected chi connectivity index (χ0v) is 19.7. The minimum absolute atomic E-state index is 0.137. The van der Waals surface area contributed by atoms with Crippen LogP contribution in [-0.2, 0) is 9.59 Å². The first-order valence-corrected chi connectivity index (χ1v) is 12.8. The molecule has 0 saturated heterocycles. The van der Waals surface area contributed by atoms with Crippen LogP contribution in [0.15, 0.2) is 0 Å². The molecule has 0 aromatic heterocycles. The Labute approximate surface area is 187 Å². The molecule has 5 nitrogen and oxygen atoms in total. The van der Waals surface area contributed by atoms with E-state index in [0.29, 0.717) is 47.3 Å². The zero-order chi connectivity index (χ0) is 22.4. The first kappa shape index (κ1) is 23.1. The molecule has 0 aliphatic heterocycles. The smallest absolute Gasteiger partial charge is 0.322 e. The second-order valence-corrected chi connectivity index (χ2v) is 12.0. The number of aliphatic hydroxyl groups is 1. The van der Waals surface area contributed by atoms with E-state index in [0.717, 1.165) is 12.8 Å². The van der Waals surface area contributed by atoms with Gasteiger partial charge in [-0.2, -0.15) is 0 Å². The summed E-state index contributed by atoms with van der Waals surface area (Å²) in [5, 5.41) is 22.6. The third-order valence-corrected chi connectivity index (χ3v) is 10.6. The quantitative estimate of drug-likeness (QED) is 0.570. The molecule has 4 fully saturated rings. The van der Waals surface area contributed by atoms with E-state index in [-0.39, 0.29) is 24.0 Å². The zero-order valence-electron chi connectivity index (χ0n) is 19.7. The van der Waals surface area contributed by atoms with Crippen LogP contribution >= 0.6 is 0 Å². The van der Waals surface area contributed by atoms with Crippen molar-refractivity contribution in [3.8, 4) is 0 Å². The second kappa shape index (κ2) is 8.68. The van der Waals surface area contributed by atoms with Crippen molar-refractivity contribution >= 4 is 11.9 Å². The van der Waals surface area contributed by atoms with Crippen molar-refractivity contribution < 1.29 is 19.8 Å². The van der Waals surface area contributed by atoms with Gasteiger partial charge in [0.15, 0.2) is 0 Å². The number of aliphatic carboxylic acids is 1. The van der Waals surface area contributed by atoms with Crippen molar-refractivity contribution in [3.63, 3.8) is 0 Å². The lowest BCUT2D eigenvalue weighted by Crippen LogP contribution is -2.57. The molecule has 3 N–H and O–H groups in total. The number of rotatable bonds is 6. The van der Waals surface area contributed by atoms with E-state index in [1.165, 1.54) is 51.4 Å². The van der Waals surface area contributed by atoms with Crippen LogP contribution in [0.3, 0.4) is 0 Å². The van der Waals surface area contributed by atoms with E-state index in [2.05, 4.69) is 26.1 Å². The van der Waals surface area contributed by atoms with Gasteiger partial charge in [-0.3, -0.25) is 9.59 Å². The molecule has 4 aliphatic carbocycles. The summed E-state index contributed by atoms with van der Waals surface area (Å²) >= 11 is 0. The third kappa shape index (κ3) is 4.05. The molecule has 31 heavy (non-hydrogen) atoms. The highest BCUT2D eigenvalue weighted by atomic mass is 16.4. The van der Waals surface area contributed by atoms with Gasteiger partial charge in [0.1, 0.15) is 6.54 Å². The maximum absolute atomic E-state index is 12.0. The largest absolute Gasteiger partial charge is 0.480 e. The van der Waals surface area contributed by atoms with Gasteiger partial charge in [-0.05, 0) is 97.7 Å². The molecule has 4 rings (SSSR count). The van der Waals surface area contributed by atoms with Gasteiger partial charge in [0.25, 0.3) is 0 Å². The van der Waals surface area contributed by atoms with Crippen LogP contribution in [0.1, 0.15) is 91.4 Å². The van der Waals surface area contributed by atoms with Crippen molar-refractivity contribution in [3.05, 3.63) is 0 Å². The van der Waals surface area contributed by atoms with Gasteiger partial charge in [-0.25, -0.2) is 0 Å². The van der Waals surface area contributed by atoms with Gasteiger partial charge in [-0.1, -0.05) is 33.6 Å². The van der Waals surface area contributed by atoms with Crippen LogP contribution in [0.4, 0.5) is 0 Å². The molecule has 0 spiro atoms. The van der Waals surface area contributed by atoms with E-state index < -0.39 is 5.97 Å². The molecular formula is C26H43NO4. The van der Waals surface area contributed by atoms with Gasteiger partial charge < -0.3 is 15.5 Å². The maximum atomic E-state index is 12.0. The molecule has 0 heterocycles. The third-order valence-electron chi connectivity index (χ3n) is 10.6. The number of hydrogen-bond acceptors (Lipinski definition) is 3. The SMILES string of the molecule is C[C@H](CCC(=O)NCC(=O)O)[C@H]1CC[C@H]2[C@@H]3[C@H](O)C[C@@H]4CCCC[C@]4(C)[C@H]3CC[C@]12C. The average Bonchev–Trinajstić information content (AvgIpc) is 3.08. The number of carbonyl (C=O) groups excluding carboxylic acids is 1. The first-order chi connectivity index (χ1) is 14.7. The molecule has 0 aromatic carbocycles. The monoisotopic (exact) mass is 433 g/mol. The summed E-state index contributed by atoms with van der Waals surface area (Å²) in [5.41, 5.74) is 0.687. The highest BCUT2D eigenvalue weighted by Crippen LogP contribution is 2.68. The van der Waals surface area contributed by atoms with Crippen molar-refractivity contribution in [2.24, 2.45) is 46.3 Å². The van der Waals surface area contributed by atoms with E-state index in [1.807, 2.05) is 0 Å². The van der Waals surface area contributed by atoms with Crippen molar-refractivity contribution in [2.45, 2.75) is 97.5 Å². The van der Waals surface area contributed by atoms with Gasteiger partial charge in [0.05, 0.1) is 6.10 Å². The lowest BCUT2D eigenvalue weighted by atomic mass is 9.44. The predicted molar refractivity (Wildman–Crippen MR) is 120 cm³/mol. The summed E-state index contributed by atoms with van der Waals surface area (Å²) in [6.07, 6.45) is 12.4. The summed E-state index contributed by atoms with van der Waals surface area (Å²) < 4.78 is 0. The molecule has 0 unspecified atom stereocenters. The Morgan fingerprint density at radius 2 is 1.77 bits per heavy atom. The van der Waals surface area contributed by atoms with Gasteiger partial charge >= 0.3 is 5.97 Å². The normalized spacial score (nSPS) is 45.2. The fraction of sp³-hybridized carbons (Fsp3) is 0.923. The number of aliphatic hydroxyl groups excluding tert-OH is 1. The lowest BCUT2D eigenvalue weighted by Gasteiger charge is -2.62. The molecule has 0 bridgehead atoms. The molecule has 4 aliphatic rings. The number of amides is 1. The van der Waals surface area contributed by atoms with Crippen LogP contribution in [0, 0.1) is 46.3 Å². The molecule has 4 saturated carbocycles.